The van der Waals surface area contributed by atoms with Crippen molar-refractivity contribution < 1.29 is 19.9 Å². The van der Waals surface area contributed by atoms with Crippen LogP contribution in [0.15, 0.2) is 36.4 Å². The number of hydrogen-bond donors (Lipinski definition) is 3. The number of aryl methyl sites for hydroxylation is 1. The van der Waals surface area contributed by atoms with E-state index in [0.29, 0.717) is 38.0 Å². The van der Waals surface area contributed by atoms with Crippen LogP contribution in [0.25, 0.3) is 0 Å². The number of piperidine rings is 1. The molecule has 0 radical (unpaired) electrons. The molecule has 1 unspecified atom stereocenters. The number of anilines is 2. The Balaban J connectivity index is 1.39. The largest absolute Gasteiger partial charge is 0.506 e. The molecule has 1 aliphatic carbocycles. The van der Waals surface area contributed by atoms with Gasteiger partial charge in [0.25, 0.3) is 5.69 Å². The van der Waals surface area contributed by atoms with E-state index in [2.05, 4.69) is 5.32 Å². The fourth-order valence-corrected chi connectivity index (χ4v) is 4.40. The summed E-state index contributed by atoms with van der Waals surface area (Å²) < 4.78 is 0. The van der Waals surface area contributed by atoms with E-state index in [0.717, 1.165) is 30.2 Å². The van der Waals surface area contributed by atoms with Crippen LogP contribution in [0.4, 0.5) is 17.1 Å². The van der Waals surface area contributed by atoms with Crippen molar-refractivity contribution in [2.24, 2.45) is 5.92 Å². The second-order valence-electron chi connectivity index (χ2n) is 8.02. The highest BCUT2D eigenvalue weighted by molar-refractivity contribution is 5.93. The fraction of sp³-hybridized carbons (Fsp3) is 0.409. The van der Waals surface area contributed by atoms with E-state index in [1.54, 1.807) is 6.07 Å². The first kappa shape index (κ1) is 20.2. The molecule has 2 aliphatic rings. The predicted molar refractivity (Wildman–Crippen MR) is 113 cm³/mol. The maximum absolute atomic E-state index is 12.8. The number of nitro groups is 1. The van der Waals surface area contributed by atoms with Crippen LogP contribution in [-0.4, -0.2) is 40.2 Å². The minimum Gasteiger partial charge on any atom is -0.506 e. The number of nitro benzene ring substituents is 1. The van der Waals surface area contributed by atoms with Gasteiger partial charge in [-0.2, -0.15) is 0 Å². The number of phenolic OH excluding ortho intramolecular Hbond substituents is 1. The third-order valence-corrected chi connectivity index (χ3v) is 6.09. The molecule has 1 fully saturated rings. The lowest BCUT2D eigenvalue weighted by Crippen LogP contribution is -2.38. The zero-order chi connectivity index (χ0) is 21.3. The van der Waals surface area contributed by atoms with Crippen molar-refractivity contribution in [1.82, 2.24) is 0 Å². The highest BCUT2D eigenvalue weighted by Crippen LogP contribution is 2.34. The number of nitrogens with one attached hydrogen (secondary N) is 1. The zero-order valence-corrected chi connectivity index (χ0v) is 16.6. The molecule has 0 aromatic heterocycles. The topological polar surface area (TPSA) is 116 Å². The van der Waals surface area contributed by atoms with E-state index in [4.69, 9.17) is 0 Å². The van der Waals surface area contributed by atoms with Crippen LogP contribution in [0.3, 0.4) is 0 Å². The number of fused-ring (bicyclic) bond motifs is 1. The summed E-state index contributed by atoms with van der Waals surface area (Å²) in [5, 5.41) is 34.0. The number of amides is 1. The Morgan fingerprint density at radius 1 is 1.17 bits per heavy atom. The van der Waals surface area contributed by atoms with Crippen LogP contribution in [0, 0.1) is 16.0 Å². The molecule has 1 aliphatic heterocycles. The zero-order valence-electron chi connectivity index (χ0n) is 16.6. The second-order valence-corrected chi connectivity index (χ2v) is 8.02. The van der Waals surface area contributed by atoms with Crippen LogP contribution in [-0.2, 0) is 17.6 Å². The number of hydrogen-bond acceptors (Lipinski definition) is 6. The number of nitrogens with zero attached hydrogens (tertiary/aromatic N) is 2. The Labute approximate surface area is 174 Å². The van der Waals surface area contributed by atoms with Crippen molar-refractivity contribution in [2.45, 2.75) is 38.2 Å². The molecule has 158 valence electrons. The molecule has 1 saturated heterocycles. The second kappa shape index (κ2) is 8.31. The number of rotatable bonds is 4. The molecule has 3 N–H and O–H groups in total. The van der Waals surface area contributed by atoms with Gasteiger partial charge >= 0.3 is 0 Å². The average molecular weight is 411 g/mol. The number of aliphatic hydroxyl groups excluding tert-OH is 1. The molecule has 0 bridgehead atoms. The average Bonchev–Trinajstić information content (AvgIpc) is 2.74. The molecular formula is C22H25N3O5. The SMILES string of the molecule is O=C(Nc1cccc2c1CC(O)CC2)C1CCN(c2ccc([N+](=O)[O-])cc2O)CC1. The highest BCUT2D eigenvalue weighted by Gasteiger charge is 2.28. The number of benzene rings is 2. The minimum atomic E-state index is -0.540. The maximum Gasteiger partial charge on any atom is 0.273 e. The molecule has 8 heteroatoms. The molecular weight excluding hydrogens is 386 g/mol. The summed E-state index contributed by atoms with van der Waals surface area (Å²) >= 11 is 0. The molecule has 2 aromatic carbocycles. The molecule has 4 rings (SSSR count). The normalized spacial score (nSPS) is 19.2. The van der Waals surface area contributed by atoms with Gasteiger partial charge < -0.3 is 20.4 Å². The van der Waals surface area contributed by atoms with E-state index < -0.39 is 4.92 Å². The number of aliphatic hydroxyl groups is 1. The highest BCUT2D eigenvalue weighted by atomic mass is 16.6. The lowest BCUT2D eigenvalue weighted by molar-refractivity contribution is -0.384. The van der Waals surface area contributed by atoms with Crippen LogP contribution in [0.2, 0.25) is 0 Å². The first-order valence-electron chi connectivity index (χ1n) is 10.2. The maximum atomic E-state index is 12.8. The third-order valence-electron chi connectivity index (χ3n) is 6.09. The Hall–Kier alpha value is -3.13. The number of carbonyl (C=O) groups is 1. The lowest BCUT2D eigenvalue weighted by atomic mass is 9.88. The van der Waals surface area contributed by atoms with Crippen molar-refractivity contribution in [3.05, 3.63) is 57.6 Å². The first-order valence-corrected chi connectivity index (χ1v) is 10.2. The lowest BCUT2D eigenvalue weighted by Gasteiger charge is -2.33. The minimum absolute atomic E-state index is 0.0314. The van der Waals surface area contributed by atoms with Gasteiger partial charge in [-0.1, -0.05) is 12.1 Å². The Morgan fingerprint density at radius 3 is 2.63 bits per heavy atom. The summed E-state index contributed by atoms with van der Waals surface area (Å²) in [6.07, 6.45) is 3.01. The van der Waals surface area contributed by atoms with Crippen molar-refractivity contribution in [3.8, 4) is 5.75 Å². The van der Waals surface area contributed by atoms with Gasteiger partial charge in [0.1, 0.15) is 5.75 Å². The van der Waals surface area contributed by atoms with Gasteiger partial charge in [0, 0.05) is 37.2 Å². The van der Waals surface area contributed by atoms with Gasteiger partial charge in [0.05, 0.1) is 22.8 Å². The summed E-state index contributed by atoms with van der Waals surface area (Å²) in [5.41, 5.74) is 3.39. The number of phenols is 1. The van der Waals surface area contributed by atoms with E-state index in [1.807, 2.05) is 23.1 Å². The number of non-ortho nitro benzene ring substituents is 1. The van der Waals surface area contributed by atoms with Gasteiger partial charge in [-0.25, -0.2) is 0 Å². The van der Waals surface area contributed by atoms with Crippen molar-refractivity contribution in [2.75, 3.05) is 23.3 Å². The molecule has 1 heterocycles. The van der Waals surface area contributed by atoms with Gasteiger partial charge in [0.2, 0.25) is 5.91 Å². The van der Waals surface area contributed by atoms with E-state index in [-0.39, 0.29) is 29.4 Å². The summed E-state index contributed by atoms with van der Waals surface area (Å²) in [4.78, 5) is 25.1. The van der Waals surface area contributed by atoms with Gasteiger partial charge in [-0.3, -0.25) is 14.9 Å². The van der Waals surface area contributed by atoms with Crippen LogP contribution >= 0.6 is 0 Å². The van der Waals surface area contributed by atoms with E-state index in [9.17, 15) is 25.1 Å². The quantitative estimate of drug-likeness (QED) is 0.526. The number of carbonyl (C=O) groups excluding carboxylic acids is 1. The third kappa shape index (κ3) is 4.09. The van der Waals surface area contributed by atoms with Gasteiger partial charge in [-0.15, -0.1) is 0 Å². The Morgan fingerprint density at radius 2 is 1.93 bits per heavy atom. The van der Waals surface area contributed by atoms with E-state index in [1.165, 1.54) is 11.6 Å². The molecule has 1 atom stereocenters. The Kier molecular flexibility index (Phi) is 5.59. The fourth-order valence-electron chi connectivity index (χ4n) is 4.40. The van der Waals surface area contributed by atoms with Crippen molar-refractivity contribution in [1.29, 1.82) is 0 Å². The monoisotopic (exact) mass is 411 g/mol. The van der Waals surface area contributed by atoms with Crippen LogP contribution in [0.5, 0.6) is 5.75 Å². The smallest absolute Gasteiger partial charge is 0.273 e. The first-order chi connectivity index (χ1) is 14.4. The molecule has 0 saturated carbocycles. The van der Waals surface area contributed by atoms with E-state index >= 15 is 0 Å². The van der Waals surface area contributed by atoms with Crippen LogP contribution in [0.1, 0.15) is 30.4 Å². The molecule has 8 nitrogen and oxygen atoms in total. The van der Waals surface area contributed by atoms with Gasteiger partial charge in [0.15, 0.2) is 0 Å². The summed E-state index contributed by atoms with van der Waals surface area (Å²) in [6.45, 7) is 1.16. The molecule has 1 amide bonds. The van der Waals surface area contributed by atoms with Crippen molar-refractivity contribution in [3.63, 3.8) is 0 Å². The Bertz CT molecular complexity index is 969. The van der Waals surface area contributed by atoms with Gasteiger partial charge in [-0.05, 0) is 48.9 Å². The van der Waals surface area contributed by atoms with Crippen LogP contribution < -0.4 is 10.2 Å². The van der Waals surface area contributed by atoms with Crippen molar-refractivity contribution >= 4 is 23.0 Å². The predicted octanol–water partition coefficient (Wildman–Crippen LogP) is 3.01. The molecule has 30 heavy (non-hydrogen) atoms. The summed E-state index contributed by atoms with van der Waals surface area (Å²) in [5.74, 6) is -0.302. The number of aromatic hydroxyl groups is 1. The summed E-state index contributed by atoms with van der Waals surface area (Å²) in [6, 6.07) is 9.95. The molecule has 0 spiro atoms. The molecule has 2 aromatic rings. The standard InChI is InChI=1S/C22H25N3O5/c26-17-6-4-14-2-1-3-19(18(14)13-17)23-22(28)15-8-10-24(11-9-15)20-7-5-16(25(29)30)12-21(20)27/h1-3,5,7,12,15,17,26-27H,4,6,8-11,13H2,(H,23,28). The summed E-state index contributed by atoms with van der Waals surface area (Å²) in [7, 11) is 0.